The first-order valence-corrected chi connectivity index (χ1v) is 9.06. The van der Waals surface area contributed by atoms with Crippen LogP contribution in [0.25, 0.3) is 0 Å². The second-order valence-corrected chi connectivity index (χ2v) is 5.77. The summed E-state index contributed by atoms with van der Waals surface area (Å²) < 4.78 is 21.4. The quantitative estimate of drug-likeness (QED) is 0.348. The summed E-state index contributed by atoms with van der Waals surface area (Å²) in [6.07, 6.45) is 1.39. The van der Waals surface area contributed by atoms with Gasteiger partial charge in [-0.15, -0.1) is 0 Å². The molecule has 0 spiro atoms. The summed E-state index contributed by atoms with van der Waals surface area (Å²) in [5.74, 6) is 0.537. The predicted molar refractivity (Wildman–Crippen MR) is 98.6 cm³/mol. The average Bonchev–Trinajstić information content (AvgIpc) is 2.65. The molecule has 0 aliphatic carbocycles. The molecule has 0 aromatic carbocycles. The zero-order valence-corrected chi connectivity index (χ0v) is 16.0. The van der Waals surface area contributed by atoms with Crippen molar-refractivity contribution in [3.05, 3.63) is 18.1 Å². The highest BCUT2D eigenvalue weighted by Gasteiger charge is 2.12. The molecule has 148 valence electrons. The van der Waals surface area contributed by atoms with Crippen LogP contribution in [0.15, 0.2) is 12.4 Å². The van der Waals surface area contributed by atoms with Crippen molar-refractivity contribution in [2.45, 2.75) is 20.8 Å². The fraction of sp³-hybridized carbons (Fsp3) is 0.722. The van der Waals surface area contributed by atoms with Crippen molar-refractivity contribution in [1.29, 1.82) is 0 Å². The van der Waals surface area contributed by atoms with E-state index < -0.39 is 0 Å². The normalized spacial score (nSPS) is 11.1. The van der Waals surface area contributed by atoms with Crippen molar-refractivity contribution < 1.29 is 23.7 Å². The van der Waals surface area contributed by atoms with E-state index in [0.29, 0.717) is 70.9 Å². The van der Waals surface area contributed by atoms with Crippen LogP contribution >= 0.6 is 0 Å². The molecule has 0 fully saturated rings. The molecule has 0 amide bonds. The number of hydrogen-bond donors (Lipinski definition) is 1. The number of Topliss-reactive ketones (excluding diaryl/α,β-unsaturated/α-hetero) is 1. The van der Waals surface area contributed by atoms with Gasteiger partial charge < -0.3 is 24.3 Å². The maximum absolute atomic E-state index is 11.9. The van der Waals surface area contributed by atoms with E-state index in [1.54, 1.807) is 6.07 Å². The molecule has 1 heterocycles. The van der Waals surface area contributed by atoms with Crippen LogP contribution in [-0.4, -0.2) is 75.2 Å². The Kier molecular flexibility index (Phi) is 12.6. The van der Waals surface area contributed by atoms with Gasteiger partial charge in [0.2, 0.25) is 0 Å². The molecular weight excluding hydrogens is 338 g/mol. The van der Waals surface area contributed by atoms with Crippen LogP contribution in [0.3, 0.4) is 0 Å². The molecule has 1 N–H and O–H groups in total. The molecule has 26 heavy (non-hydrogen) atoms. The molecule has 0 bridgehead atoms. The van der Waals surface area contributed by atoms with Gasteiger partial charge in [0.1, 0.15) is 17.8 Å². The number of aromatic nitrogens is 2. The van der Waals surface area contributed by atoms with E-state index >= 15 is 0 Å². The monoisotopic (exact) mass is 369 g/mol. The molecule has 0 aliphatic rings. The van der Waals surface area contributed by atoms with Gasteiger partial charge in [0.05, 0.1) is 46.2 Å². The number of ether oxygens (including phenoxy) is 4. The summed E-state index contributed by atoms with van der Waals surface area (Å²) in [7, 11) is 0. The van der Waals surface area contributed by atoms with Crippen molar-refractivity contribution in [3.63, 3.8) is 0 Å². The Balaban J connectivity index is 1.99. The summed E-state index contributed by atoms with van der Waals surface area (Å²) in [5.41, 5.74) is 0.426. The molecule has 0 aliphatic heterocycles. The van der Waals surface area contributed by atoms with E-state index in [2.05, 4.69) is 15.3 Å². The lowest BCUT2D eigenvalue weighted by Crippen LogP contribution is -2.15. The fourth-order valence-corrected chi connectivity index (χ4v) is 1.94. The SMILES string of the molecule is CCOCCOCCOCCOCCNc1cc(C(=O)C(C)C)ncn1. The van der Waals surface area contributed by atoms with Crippen molar-refractivity contribution in [3.8, 4) is 0 Å². The molecule has 8 heteroatoms. The van der Waals surface area contributed by atoms with Crippen LogP contribution in [0.2, 0.25) is 0 Å². The van der Waals surface area contributed by atoms with Gasteiger partial charge in [0.25, 0.3) is 0 Å². The maximum Gasteiger partial charge on any atom is 0.183 e. The lowest BCUT2D eigenvalue weighted by atomic mass is 10.1. The van der Waals surface area contributed by atoms with E-state index in [-0.39, 0.29) is 11.7 Å². The van der Waals surface area contributed by atoms with E-state index in [4.69, 9.17) is 18.9 Å². The van der Waals surface area contributed by atoms with Gasteiger partial charge in [0, 0.05) is 25.1 Å². The predicted octanol–water partition coefficient (Wildman–Crippen LogP) is 1.81. The number of ketones is 1. The highest BCUT2D eigenvalue weighted by Crippen LogP contribution is 2.09. The Morgan fingerprint density at radius 3 is 2.12 bits per heavy atom. The Hall–Kier alpha value is -1.61. The van der Waals surface area contributed by atoms with Crippen molar-refractivity contribution >= 4 is 11.6 Å². The average molecular weight is 369 g/mol. The number of carbonyl (C=O) groups excluding carboxylic acids is 1. The van der Waals surface area contributed by atoms with Crippen LogP contribution in [0.4, 0.5) is 5.82 Å². The Labute approximate surface area is 155 Å². The van der Waals surface area contributed by atoms with Crippen LogP contribution < -0.4 is 5.32 Å². The second kappa shape index (κ2) is 14.5. The molecule has 0 saturated carbocycles. The van der Waals surface area contributed by atoms with Gasteiger partial charge in [-0.05, 0) is 6.92 Å². The maximum atomic E-state index is 11.9. The van der Waals surface area contributed by atoms with Crippen LogP contribution in [0, 0.1) is 5.92 Å². The molecule has 8 nitrogen and oxygen atoms in total. The minimum absolute atomic E-state index is 0.00529. The summed E-state index contributed by atoms with van der Waals surface area (Å²) in [5, 5.41) is 3.11. The highest BCUT2D eigenvalue weighted by atomic mass is 16.6. The lowest BCUT2D eigenvalue weighted by molar-refractivity contribution is 0.000609. The third-order valence-electron chi connectivity index (χ3n) is 3.32. The van der Waals surface area contributed by atoms with E-state index in [0.717, 1.165) is 0 Å². The van der Waals surface area contributed by atoms with Gasteiger partial charge >= 0.3 is 0 Å². The molecule has 0 atom stereocenters. The van der Waals surface area contributed by atoms with E-state index in [9.17, 15) is 4.79 Å². The van der Waals surface area contributed by atoms with Gasteiger partial charge in [0.15, 0.2) is 5.78 Å². The molecular formula is C18H31N3O5. The van der Waals surface area contributed by atoms with E-state index in [1.807, 2.05) is 20.8 Å². The zero-order chi connectivity index (χ0) is 19.0. The summed E-state index contributed by atoms with van der Waals surface area (Å²) in [6, 6.07) is 1.66. The van der Waals surface area contributed by atoms with Gasteiger partial charge in [-0.2, -0.15) is 0 Å². The number of hydrogen-bond acceptors (Lipinski definition) is 8. The Morgan fingerprint density at radius 1 is 0.962 bits per heavy atom. The number of nitrogens with one attached hydrogen (secondary N) is 1. The third kappa shape index (κ3) is 10.4. The zero-order valence-electron chi connectivity index (χ0n) is 16.0. The molecule has 0 unspecified atom stereocenters. The van der Waals surface area contributed by atoms with Gasteiger partial charge in [-0.1, -0.05) is 13.8 Å². The summed E-state index contributed by atoms with van der Waals surface area (Å²) in [4.78, 5) is 20.0. The fourth-order valence-electron chi connectivity index (χ4n) is 1.94. The lowest BCUT2D eigenvalue weighted by Gasteiger charge is -2.09. The largest absolute Gasteiger partial charge is 0.379 e. The van der Waals surface area contributed by atoms with Crippen LogP contribution in [0.5, 0.6) is 0 Å². The van der Waals surface area contributed by atoms with Crippen molar-refractivity contribution in [1.82, 2.24) is 9.97 Å². The van der Waals surface area contributed by atoms with Gasteiger partial charge in [-0.3, -0.25) is 4.79 Å². The molecule has 1 rings (SSSR count). The first-order chi connectivity index (χ1) is 12.6. The first-order valence-electron chi connectivity index (χ1n) is 9.06. The van der Waals surface area contributed by atoms with Crippen molar-refractivity contribution in [2.75, 3.05) is 64.7 Å². The minimum atomic E-state index is -0.0869. The topological polar surface area (TPSA) is 91.8 Å². The Bertz CT molecular complexity index is 499. The summed E-state index contributed by atoms with van der Waals surface area (Å²) >= 11 is 0. The van der Waals surface area contributed by atoms with Crippen LogP contribution in [-0.2, 0) is 18.9 Å². The number of carbonyl (C=O) groups is 1. The molecule has 1 aromatic rings. The molecule has 0 radical (unpaired) electrons. The van der Waals surface area contributed by atoms with E-state index in [1.165, 1.54) is 6.33 Å². The molecule has 0 saturated heterocycles. The standard InChI is InChI=1S/C18H31N3O5/c1-4-23-7-8-25-11-12-26-10-9-24-6-5-19-17-13-16(20-14-21-17)18(22)15(2)3/h13-15H,4-12H2,1-3H3,(H,19,20,21). The molecule has 1 aromatic heterocycles. The van der Waals surface area contributed by atoms with Crippen LogP contribution in [0.1, 0.15) is 31.3 Å². The second-order valence-electron chi connectivity index (χ2n) is 5.77. The number of nitrogens with zero attached hydrogens (tertiary/aromatic N) is 2. The minimum Gasteiger partial charge on any atom is -0.379 e. The highest BCUT2D eigenvalue weighted by molar-refractivity contribution is 5.96. The smallest absolute Gasteiger partial charge is 0.183 e. The Morgan fingerprint density at radius 2 is 1.54 bits per heavy atom. The number of anilines is 1. The van der Waals surface area contributed by atoms with Crippen molar-refractivity contribution in [2.24, 2.45) is 5.92 Å². The first kappa shape index (κ1) is 22.4. The third-order valence-corrected chi connectivity index (χ3v) is 3.32. The summed E-state index contributed by atoms with van der Waals surface area (Å²) in [6.45, 7) is 10.8. The number of rotatable bonds is 16. The van der Waals surface area contributed by atoms with Gasteiger partial charge in [-0.25, -0.2) is 9.97 Å².